The van der Waals surface area contributed by atoms with Gasteiger partial charge in [-0.15, -0.1) is 0 Å². The lowest BCUT2D eigenvalue weighted by Crippen LogP contribution is -2.22. The molecule has 0 radical (unpaired) electrons. The van der Waals surface area contributed by atoms with Crippen molar-refractivity contribution in [2.24, 2.45) is 11.7 Å². The van der Waals surface area contributed by atoms with Gasteiger partial charge in [0.25, 0.3) is 0 Å². The maximum Gasteiger partial charge on any atom is 0.164 e. The quantitative estimate of drug-likeness (QED) is 0.832. The van der Waals surface area contributed by atoms with Crippen molar-refractivity contribution in [2.75, 3.05) is 26.9 Å². The van der Waals surface area contributed by atoms with Crippen LogP contribution in [0, 0.1) is 5.92 Å². The summed E-state index contributed by atoms with van der Waals surface area (Å²) in [7, 11) is 1.67. The fourth-order valence-corrected chi connectivity index (χ4v) is 2.39. The number of ether oxygens (including phenoxy) is 3. The average molecular weight is 279 g/mol. The van der Waals surface area contributed by atoms with Crippen molar-refractivity contribution in [3.05, 3.63) is 23.8 Å². The second kappa shape index (κ2) is 7.50. The monoisotopic (exact) mass is 279 g/mol. The van der Waals surface area contributed by atoms with Gasteiger partial charge in [0.1, 0.15) is 0 Å². The Labute approximate surface area is 121 Å². The molecule has 1 aromatic carbocycles. The van der Waals surface area contributed by atoms with Gasteiger partial charge in [-0.25, -0.2) is 0 Å². The molecule has 0 aliphatic carbocycles. The summed E-state index contributed by atoms with van der Waals surface area (Å²) < 4.78 is 16.8. The van der Waals surface area contributed by atoms with Crippen LogP contribution in [0.25, 0.3) is 0 Å². The topological polar surface area (TPSA) is 53.7 Å². The van der Waals surface area contributed by atoms with Crippen LogP contribution in [0.4, 0.5) is 0 Å². The van der Waals surface area contributed by atoms with Gasteiger partial charge >= 0.3 is 0 Å². The van der Waals surface area contributed by atoms with Crippen molar-refractivity contribution < 1.29 is 14.2 Å². The molecule has 0 spiro atoms. The fourth-order valence-electron chi connectivity index (χ4n) is 2.39. The maximum atomic E-state index is 6.07. The molecule has 0 bridgehead atoms. The Hall–Kier alpha value is -1.26. The summed E-state index contributed by atoms with van der Waals surface area (Å²) in [6.07, 6.45) is 2.83. The Morgan fingerprint density at radius 1 is 1.45 bits per heavy atom. The number of hydrogen-bond donors (Lipinski definition) is 1. The molecule has 2 unspecified atom stereocenters. The number of hydrogen-bond acceptors (Lipinski definition) is 4. The molecule has 1 aromatic rings. The molecule has 20 heavy (non-hydrogen) atoms. The minimum Gasteiger partial charge on any atom is -0.493 e. The van der Waals surface area contributed by atoms with E-state index in [9.17, 15) is 0 Å². The van der Waals surface area contributed by atoms with Crippen molar-refractivity contribution in [2.45, 2.75) is 32.2 Å². The van der Waals surface area contributed by atoms with E-state index < -0.39 is 0 Å². The first-order valence-electron chi connectivity index (χ1n) is 7.36. The molecule has 1 fully saturated rings. The molecule has 112 valence electrons. The highest BCUT2D eigenvalue weighted by Gasteiger charge is 2.19. The number of nitrogens with two attached hydrogens (primary N) is 1. The summed E-state index contributed by atoms with van der Waals surface area (Å²) >= 11 is 0. The highest BCUT2D eigenvalue weighted by Crippen LogP contribution is 2.32. The fraction of sp³-hybridized carbons (Fsp3) is 0.625. The van der Waals surface area contributed by atoms with Crippen molar-refractivity contribution in [1.82, 2.24) is 0 Å². The van der Waals surface area contributed by atoms with E-state index in [1.165, 1.54) is 0 Å². The molecule has 1 aliphatic heterocycles. The Morgan fingerprint density at radius 2 is 2.30 bits per heavy atom. The molecule has 2 rings (SSSR count). The van der Waals surface area contributed by atoms with Gasteiger partial charge in [0, 0.05) is 18.6 Å². The van der Waals surface area contributed by atoms with Crippen LogP contribution in [0.5, 0.6) is 11.5 Å². The predicted octanol–water partition coefficient (Wildman–Crippen LogP) is 2.39. The van der Waals surface area contributed by atoms with Gasteiger partial charge in [-0.05, 0) is 30.9 Å². The average Bonchev–Trinajstić information content (AvgIpc) is 2.98. The van der Waals surface area contributed by atoms with Crippen LogP contribution >= 0.6 is 0 Å². The lowest BCUT2D eigenvalue weighted by Gasteiger charge is -2.18. The first-order valence-corrected chi connectivity index (χ1v) is 7.36. The zero-order chi connectivity index (χ0) is 14.4. The largest absolute Gasteiger partial charge is 0.493 e. The lowest BCUT2D eigenvalue weighted by atomic mass is 10.0. The first kappa shape index (κ1) is 15.1. The van der Waals surface area contributed by atoms with Gasteiger partial charge in [-0.3, -0.25) is 0 Å². The van der Waals surface area contributed by atoms with E-state index in [1.807, 2.05) is 12.1 Å². The Morgan fingerprint density at radius 3 is 2.95 bits per heavy atom. The van der Waals surface area contributed by atoms with E-state index in [4.69, 9.17) is 19.9 Å². The summed E-state index contributed by atoms with van der Waals surface area (Å²) in [5.74, 6) is 2.10. The molecular formula is C16H25NO3. The molecule has 0 saturated carbocycles. The normalized spacial score (nSPS) is 19.9. The van der Waals surface area contributed by atoms with Crippen LogP contribution in [-0.4, -0.2) is 33.0 Å². The number of methoxy groups -OCH3 is 1. The number of rotatable bonds is 7. The third kappa shape index (κ3) is 3.87. The van der Waals surface area contributed by atoms with Gasteiger partial charge < -0.3 is 19.9 Å². The molecule has 4 heteroatoms. The smallest absolute Gasteiger partial charge is 0.164 e. The van der Waals surface area contributed by atoms with E-state index >= 15 is 0 Å². The molecule has 1 aliphatic rings. The molecule has 1 heterocycles. The van der Waals surface area contributed by atoms with Gasteiger partial charge in [0.2, 0.25) is 0 Å². The summed E-state index contributed by atoms with van der Waals surface area (Å²) in [5.41, 5.74) is 7.19. The molecular weight excluding hydrogens is 254 g/mol. The standard InChI is InChI=1S/C16H25NO3/c1-3-14(17)9-13-5-4-6-15(18-2)16(13)20-11-12-7-8-19-10-12/h4-6,12,14H,3,7-11,17H2,1-2H3. The SMILES string of the molecule is CCC(N)Cc1cccc(OC)c1OCC1CCOC1. The summed E-state index contributed by atoms with van der Waals surface area (Å²) in [6.45, 7) is 4.41. The van der Waals surface area contributed by atoms with Crippen LogP contribution < -0.4 is 15.2 Å². The van der Waals surface area contributed by atoms with Gasteiger partial charge in [0.05, 0.1) is 20.3 Å². The number of benzene rings is 1. The third-order valence-electron chi connectivity index (χ3n) is 3.77. The predicted molar refractivity (Wildman–Crippen MR) is 79.4 cm³/mol. The van der Waals surface area contributed by atoms with Crippen molar-refractivity contribution in [3.8, 4) is 11.5 Å². The zero-order valence-electron chi connectivity index (χ0n) is 12.4. The summed E-state index contributed by atoms with van der Waals surface area (Å²) in [6, 6.07) is 6.14. The van der Waals surface area contributed by atoms with Crippen LogP contribution in [0.2, 0.25) is 0 Å². The molecule has 0 aromatic heterocycles. The molecule has 2 N–H and O–H groups in total. The molecule has 2 atom stereocenters. The number of para-hydroxylation sites is 1. The Bertz CT molecular complexity index is 416. The first-order chi connectivity index (χ1) is 9.74. The van der Waals surface area contributed by atoms with Crippen molar-refractivity contribution in [1.29, 1.82) is 0 Å². The zero-order valence-corrected chi connectivity index (χ0v) is 12.4. The second-order valence-electron chi connectivity index (χ2n) is 5.36. The van der Waals surface area contributed by atoms with Crippen LogP contribution in [-0.2, 0) is 11.2 Å². The van der Waals surface area contributed by atoms with Gasteiger partial charge in [-0.2, -0.15) is 0 Å². The summed E-state index contributed by atoms with van der Waals surface area (Å²) in [4.78, 5) is 0. The minimum absolute atomic E-state index is 0.152. The van der Waals surface area contributed by atoms with E-state index in [-0.39, 0.29) is 6.04 Å². The van der Waals surface area contributed by atoms with Crippen LogP contribution in [0.15, 0.2) is 18.2 Å². The maximum absolute atomic E-state index is 6.07. The van der Waals surface area contributed by atoms with E-state index in [0.29, 0.717) is 12.5 Å². The van der Waals surface area contributed by atoms with Crippen LogP contribution in [0.3, 0.4) is 0 Å². The van der Waals surface area contributed by atoms with Gasteiger partial charge in [0.15, 0.2) is 11.5 Å². The Kier molecular flexibility index (Phi) is 5.68. The molecule has 0 amide bonds. The molecule has 1 saturated heterocycles. The van der Waals surface area contributed by atoms with E-state index in [2.05, 4.69) is 13.0 Å². The highest BCUT2D eigenvalue weighted by atomic mass is 16.5. The van der Waals surface area contributed by atoms with Gasteiger partial charge in [-0.1, -0.05) is 19.1 Å². The van der Waals surface area contributed by atoms with Crippen LogP contribution in [0.1, 0.15) is 25.3 Å². The van der Waals surface area contributed by atoms with Crippen molar-refractivity contribution >= 4 is 0 Å². The van der Waals surface area contributed by atoms with Crippen molar-refractivity contribution in [3.63, 3.8) is 0 Å². The molecule has 4 nitrogen and oxygen atoms in total. The van der Waals surface area contributed by atoms with E-state index in [1.54, 1.807) is 7.11 Å². The van der Waals surface area contributed by atoms with E-state index in [0.717, 1.165) is 49.5 Å². The minimum atomic E-state index is 0.152. The summed E-state index contributed by atoms with van der Waals surface area (Å²) in [5, 5.41) is 0. The highest BCUT2D eigenvalue weighted by molar-refractivity contribution is 5.47. The Balaban J connectivity index is 2.09. The second-order valence-corrected chi connectivity index (χ2v) is 5.36. The third-order valence-corrected chi connectivity index (χ3v) is 3.77. The lowest BCUT2D eigenvalue weighted by molar-refractivity contribution is 0.165.